The number of carbonyl (C=O) groups excluding carboxylic acids is 2. The van der Waals surface area contributed by atoms with Gasteiger partial charge in [0, 0.05) is 5.70 Å². The summed E-state index contributed by atoms with van der Waals surface area (Å²) in [7, 11) is 0. The van der Waals surface area contributed by atoms with Crippen molar-refractivity contribution >= 4 is 12.0 Å². The molecule has 0 fully saturated rings. The molecule has 0 aliphatic carbocycles. The monoisotopic (exact) mass is 290 g/mol. The van der Waals surface area contributed by atoms with Crippen LogP contribution in [0.25, 0.3) is 0 Å². The lowest BCUT2D eigenvalue weighted by atomic mass is 9.95. The van der Waals surface area contributed by atoms with Gasteiger partial charge in [-0.25, -0.2) is 9.59 Å². The molecule has 21 heavy (non-hydrogen) atoms. The third kappa shape index (κ3) is 3.34. The number of esters is 1. The van der Waals surface area contributed by atoms with Crippen molar-refractivity contribution in [2.45, 2.75) is 26.3 Å². The van der Waals surface area contributed by atoms with E-state index < -0.39 is 18.0 Å². The maximum atomic E-state index is 12.2. The molecule has 0 unspecified atom stereocenters. The zero-order valence-electron chi connectivity index (χ0n) is 12.0. The molecule has 6 heteroatoms. The minimum Gasteiger partial charge on any atom is -0.508 e. The van der Waals surface area contributed by atoms with Crippen molar-refractivity contribution in [3.05, 3.63) is 41.1 Å². The zero-order chi connectivity index (χ0) is 15.4. The van der Waals surface area contributed by atoms with E-state index in [4.69, 9.17) is 4.74 Å². The Morgan fingerprint density at radius 3 is 2.86 bits per heavy atom. The number of aromatic hydroxyl groups is 1. The summed E-state index contributed by atoms with van der Waals surface area (Å²) in [5.41, 5.74) is 1.41. The molecule has 0 radical (unpaired) electrons. The number of hydrogen-bond donors (Lipinski definition) is 3. The van der Waals surface area contributed by atoms with Crippen LogP contribution in [-0.2, 0) is 9.53 Å². The second kappa shape index (κ2) is 6.30. The summed E-state index contributed by atoms with van der Waals surface area (Å²) < 4.78 is 5.17. The largest absolute Gasteiger partial charge is 0.508 e. The van der Waals surface area contributed by atoms with Crippen molar-refractivity contribution < 1.29 is 19.4 Å². The third-order valence-electron chi connectivity index (χ3n) is 3.13. The van der Waals surface area contributed by atoms with E-state index in [2.05, 4.69) is 10.6 Å². The standard InChI is InChI=1S/C15H18N2O4/c1-3-7-21-14(19)12-9(2)16-15(20)17-13(12)10-5-4-6-11(18)8-10/h4-6,8,13,18H,3,7H2,1-2H3,(H2,16,17,20)/t13-/m0/s1. The van der Waals surface area contributed by atoms with Gasteiger partial charge in [0.15, 0.2) is 0 Å². The number of hydrogen-bond acceptors (Lipinski definition) is 4. The van der Waals surface area contributed by atoms with E-state index in [0.29, 0.717) is 29.9 Å². The Labute approximate surface area is 122 Å². The maximum Gasteiger partial charge on any atom is 0.338 e. The smallest absolute Gasteiger partial charge is 0.338 e. The van der Waals surface area contributed by atoms with Gasteiger partial charge in [0.2, 0.25) is 0 Å². The molecule has 0 saturated heterocycles. The van der Waals surface area contributed by atoms with Crippen molar-refractivity contribution in [3.8, 4) is 5.75 Å². The number of phenols is 1. The Bertz CT molecular complexity index is 595. The predicted octanol–water partition coefficient (Wildman–Crippen LogP) is 1.97. The molecule has 2 rings (SSSR count). The highest BCUT2D eigenvalue weighted by atomic mass is 16.5. The van der Waals surface area contributed by atoms with E-state index in [1.54, 1.807) is 19.1 Å². The summed E-state index contributed by atoms with van der Waals surface area (Å²) in [6.45, 7) is 3.87. The van der Waals surface area contributed by atoms with Crippen LogP contribution >= 0.6 is 0 Å². The van der Waals surface area contributed by atoms with Crippen LogP contribution < -0.4 is 10.6 Å². The van der Waals surface area contributed by atoms with Gasteiger partial charge in [-0.2, -0.15) is 0 Å². The number of ether oxygens (including phenoxy) is 1. The highest BCUT2D eigenvalue weighted by molar-refractivity contribution is 5.95. The second-order valence-electron chi connectivity index (χ2n) is 4.80. The summed E-state index contributed by atoms with van der Waals surface area (Å²) in [5, 5.41) is 14.8. The van der Waals surface area contributed by atoms with Crippen LogP contribution in [-0.4, -0.2) is 23.7 Å². The fourth-order valence-electron chi connectivity index (χ4n) is 2.19. The summed E-state index contributed by atoms with van der Waals surface area (Å²) in [6, 6.07) is 5.39. The first-order valence-corrected chi connectivity index (χ1v) is 6.77. The lowest BCUT2D eigenvalue weighted by molar-refractivity contribution is -0.139. The third-order valence-corrected chi connectivity index (χ3v) is 3.13. The number of phenolic OH excluding ortho intramolecular Hbond substituents is 1. The molecule has 6 nitrogen and oxygen atoms in total. The Morgan fingerprint density at radius 2 is 2.19 bits per heavy atom. The number of urea groups is 1. The first-order chi connectivity index (χ1) is 10.0. The molecule has 1 aromatic rings. The van der Waals surface area contributed by atoms with Gasteiger partial charge in [-0.15, -0.1) is 0 Å². The van der Waals surface area contributed by atoms with Crippen LogP contribution in [0.4, 0.5) is 4.79 Å². The molecule has 2 amide bonds. The van der Waals surface area contributed by atoms with Crippen LogP contribution in [0.2, 0.25) is 0 Å². The van der Waals surface area contributed by atoms with Crippen molar-refractivity contribution in [3.63, 3.8) is 0 Å². The van der Waals surface area contributed by atoms with Crippen LogP contribution in [0, 0.1) is 0 Å². The van der Waals surface area contributed by atoms with E-state index in [9.17, 15) is 14.7 Å². The number of allylic oxidation sites excluding steroid dienone is 1. The van der Waals surface area contributed by atoms with Crippen LogP contribution in [0.1, 0.15) is 31.9 Å². The highest BCUT2D eigenvalue weighted by Crippen LogP contribution is 2.29. The van der Waals surface area contributed by atoms with Crippen molar-refractivity contribution in [2.75, 3.05) is 6.61 Å². The van der Waals surface area contributed by atoms with Crippen molar-refractivity contribution in [1.82, 2.24) is 10.6 Å². The number of benzene rings is 1. The second-order valence-corrected chi connectivity index (χ2v) is 4.80. The van der Waals surface area contributed by atoms with E-state index >= 15 is 0 Å². The average Bonchev–Trinajstić information content (AvgIpc) is 2.44. The van der Waals surface area contributed by atoms with Crippen LogP contribution in [0.5, 0.6) is 5.75 Å². The quantitative estimate of drug-likeness (QED) is 0.740. The molecule has 0 saturated carbocycles. The molecule has 1 aliphatic heterocycles. The molecular weight excluding hydrogens is 272 g/mol. The van der Waals surface area contributed by atoms with Gasteiger partial charge in [0.1, 0.15) is 5.75 Å². The topological polar surface area (TPSA) is 87.7 Å². The van der Waals surface area contributed by atoms with Gasteiger partial charge >= 0.3 is 12.0 Å². The van der Waals surface area contributed by atoms with Gasteiger partial charge in [0.25, 0.3) is 0 Å². The Kier molecular flexibility index (Phi) is 4.47. The fourth-order valence-corrected chi connectivity index (χ4v) is 2.19. The lowest BCUT2D eigenvalue weighted by Crippen LogP contribution is -2.45. The number of rotatable bonds is 4. The molecule has 0 spiro atoms. The summed E-state index contributed by atoms with van der Waals surface area (Å²) >= 11 is 0. The summed E-state index contributed by atoms with van der Waals surface area (Å²) in [5.74, 6) is -0.408. The molecular formula is C15H18N2O4. The minimum atomic E-state index is -0.643. The number of nitrogens with one attached hydrogen (secondary N) is 2. The molecule has 1 heterocycles. The van der Waals surface area contributed by atoms with E-state index in [1.165, 1.54) is 12.1 Å². The Hall–Kier alpha value is -2.50. The molecule has 0 bridgehead atoms. The summed E-state index contributed by atoms with van der Waals surface area (Å²) in [6.07, 6.45) is 0.717. The lowest BCUT2D eigenvalue weighted by Gasteiger charge is -2.28. The molecule has 1 aromatic carbocycles. The first-order valence-electron chi connectivity index (χ1n) is 6.77. The van der Waals surface area contributed by atoms with E-state index in [0.717, 1.165) is 0 Å². The molecule has 1 aliphatic rings. The highest BCUT2D eigenvalue weighted by Gasteiger charge is 2.32. The van der Waals surface area contributed by atoms with E-state index in [-0.39, 0.29) is 5.75 Å². The Morgan fingerprint density at radius 1 is 1.43 bits per heavy atom. The van der Waals surface area contributed by atoms with Crippen LogP contribution in [0.3, 0.4) is 0 Å². The number of amides is 2. The van der Waals surface area contributed by atoms with Gasteiger partial charge in [0.05, 0.1) is 18.2 Å². The molecule has 0 aromatic heterocycles. The fraction of sp³-hybridized carbons (Fsp3) is 0.333. The zero-order valence-corrected chi connectivity index (χ0v) is 12.0. The van der Waals surface area contributed by atoms with Gasteiger partial charge in [-0.1, -0.05) is 19.1 Å². The average molecular weight is 290 g/mol. The Balaban J connectivity index is 2.38. The predicted molar refractivity (Wildman–Crippen MR) is 76.5 cm³/mol. The van der Waals surface area contributed by atoms with Crippen molar-refractivity contribution in [1.29, 1.82) is 0 Å². The van der Waals surface area contributed by atoms with Crippen molar-refractivity contribution in [2.24, 2.45) is 0 Å². The molecule has 3 N–H and O–H groups in total. The SMILES string of the molecule is CCCOC(=O)C1=C(C)NC(=O)N[C@H]1c1cccc(O)c1. The van der Waals surface area contributed by atoms with Crippen LogP contribution in [0.15, 0.2) is 35.5 Å². The normalized spacial score (nSPS) is 18.0. The minimum absolute atomic E-state index is 0.0687. The van der Waals surface area contributed by atoms with Gasteiger partial charge < -0.3 is 20.5 Å². The van der Waals surface area contributed by atoms with Gasteiger partial charge in [-0.3, -0.25) is 0 Å². The maximum absolute atomic E-state index is 12.2. The molecule has 1 atom stereocenters. The van der Waals surface area contributed by atoms with Gasteiger partial charge in [-0.05, 0) is 31.0 Å². The summed E-state index contributed by atoms with van der Waals surface area (Å²) in [4.78, 5) is 23.9. The number of carbonyl (C=O) groups is 2. The van der Waals surface area contributed by atoms with E-state index in [1.807, 2.05) is 6.92 Å². The first kappa shape index (κ1) is 14.9. The molecule has 112 valence electrons.